The highest BCUT2D eigenvalue weighted by molar-refractivity contribution is 8.44. The highest BCUT2D eigenvalue weighted by Gasteiger charge is 2.53. The van der Waals surface area contributed by atoms with Crippen LogP contribution in [0, 0.1) is 5.92 Å². The molecule has 4 aromatic heterocycles. The first-order valence-corrected chi connectivity index (χ1v) is 32.5. The molecule has 0 bridgehead atoms. The number of thiol groups is 1. The van der Waals surface area contributed by atoms with E-state index in [0.717, 1.165) is 45.5 Å². The first-order chi connectivity index (χ1) is 44.4. The molecule has 0 radical (unpaired) electrons. The lowest BCUT2D eigenvalue weighted by Gasteiger charge is -2.26. The SMILES string of the molecule is CC(C)[C@H](NC(=O)CCOCCN1C(=O)C=CC1=O)C(=O)N[C@@H](CCCNC(N)=O)C(=O)Nc1ccc(COC(=O)N(C)CCOC(=O)Nc2ncnc3c2ncn3[C@@H]2O[C@@H]3CO[PH](=O)O[C@H]4[C@@H](F)[C@H](n5cnc6c(N)ncnc65)O[C@@H]4CO[P@@](=O)(S)O[C@H]3[C@H]2F)cc1. The van der Waals surface area contributed by atoms with Gasteiger partial charge in [-0.1, -0.05) is 38.2 Å². The van der Waals surface area contributed by atoms with E-state index in [9.17, 15) is 47.5 Å². The van der Waals surface area contributed by atoms with Gasteiger partial charge in [-0.05, 0) is 36.5 Å². The standard InChI is InChI=1S/C52H65F2N17O19P2S/c1-26(2)37(66-32(72)12-16-82-17-15-69-33(73)10-11-34(69)74)47(76)65-29(5-4-13-57-50(56)77)46(75)64-28-8-6-27(7-9-28)19-84-52(79)68(3)14-18-83-51(78)67-43-39-45(61-23-59-43)71(25-63-39)49-36(54)41-30(87-49)20-85-91(80)89-40-31(21-86-92(81,93)90-41)88-48(35(40)53)70-24-62-38-42(55)58-22-60-44(38)70/h6-11,22-26,29-31,35-37,40-41,48-49,91H,4-5,12-21H2,1-3H3,(H,64,75)(H,65,76)(H,66,72)(H,81,93)(H2,55,58,60)(H3,56,57,77)(H,59,61,67,78)/t29-,30+,31+,35+,36+,37-,40+,41+,48+,49+,92+/m0/s1. The molecule has 0 spiro atoms. The average Bonchev–Trinajstić information content (AvgIpc) is 1.63. The van der Waals surface area contributed by atoms with E-state index in [-0.39, 0.29) is 99.3 Å². The number of nitrogen functional groups attached to an aromatic ring is 1. The number of hydrogen-bond acceptors (Lipinski definition) is 26. The van der Waals surface area contributed by atoms with Gasteiger partial charge in [0.05, 0.1) is 52.2 Å². The minimum Gasteiger partial charge on any atom is -0.447 e. The number of carbonyl (C=O) groups excluding carboxylic acids is 8. The van der Waals surface area contributed by atoms with E-state index < -0.39 is 143 Å². The van der Waals surface area contributed by atoms with Crippen molar-refractivity contribution in [3.05, 3.63) is 67.3 Å². The highest BCUT2D eigenvalue weighted by Crippen LogP contribution is 2.58. The summed E-state index contributed by atoms with van der Waals surface area (Å²) in [5, 5.41) is 12.9. The Bertz CT molecular complexity index is 3670. The molecular weight excluding hydrogens is 1300 g/mol. The number of rotatable bonds is 24. The third kappa shape index (κ3) is 17.5. The van der Waals surface area contributed by atoms with Crippen molar-refractivity contribution in [3.63, 3.8) is 0 Å². The van der Waals surface area contributed by atoms with Crippen molar-refractivity contribution in [2.45, 2.75) is 101 Å². The minimum absolute atomic E-state index is 0.00174. The number of carbonyl (C=O) groups is 8. The third-order valence-corrected chi connectivity index (χ3v) is 17.0. The Hall–Kier alpha value is -8.39. The topological polar surface area (TPSA) is 460 Å². The second-order valence-electron chi connectivity index (χ2n) is 21.4. The van der Waals surface area contributed by atoms with Gasteiger partial charge < -0.3 is 70.4 Å². The van der Waals surface area contributed by atoms with Gasteiger partial charge in [-0.25, -0.2) is 57.6 Å². The molecule has 9 rings (SSSR count). The van der Waals surface area contributed by atoms with Gasteiger partial charge in [0.2, 0.25) is 17.7 Å². The van der Waals surface area contributed by atoms with Gasteiger partial charge in [0.25, 0.3) is 11.8 Å². The summed E-state index contributed by atoms with van der Waals surface area (Å²) in [6, 6.07) is 3.20. The molecule has 12 atom stereocenters. The van der Waals surface area contributed by atoms with Crippen molar-refractivity contribution in [3.8, 4) is 0 Å². The number of imidazole rings is 2. The number of likely N-dealkylation sites (N-methyl/N-ethyl adjacent to an activating group) is 1. The van der Waals surface area contributed by atoms with E-state index in [4.69, 9.17) is 53.2 Å². The number of nitrogens with two attached hydrogens (primary N) is 2. The molecule has 1 unspecified atom stereocenters. The number of urea groups is 1. The molecule has 0 aliphatic carbocycles. The molecule has 36 nitrogen and oxygen atoms in total. The van der Waals surface area contributed by atoms with Gasteiger partial charge in [0, 0.05) is 37.9 Å². The summed E-state index contributed by atoms with van der Waals surface area (Å²) in [5.41, 5.74) is 12.0. The number of ether oxygens (including phenoxy) is 5. The van der Waals surface area contributed by atoms with Gasteiger partial charge in [0.15, 0.2) is 53.2 Å². The van der Waals surface area contributed by atoms with Crippen molar-refractivity contribution in [2.75, 3.05) is 76.1 Å². The normalized spacial score (nSPS) is 24.5. The van der Waals surface area contributed by atoms with Crippen LogP contribution in [-0.4, -0.2) is 205 Å². The van der Waals surface area contributed by atoms with E-state index >= 15 is 8.78 Å². The molecule has 0 saturated carbocycles. The first-order valence-electron chi connectivity index (χ1n) is 28.6. The predicted molar refractivity (Wildman–Crippen MR) is 320 cm³/mol. The molecule has 41 heteroatoms. The zero-order valence-electron chi connectivity index (χ0n) is 49.6. The maximum absolute atomic E-state index is 16.6. The van der Waals surface area contributed by atoms with Gasteiger partial charge in [-0.15, -0.1) is 0 Å². The van der Waals surface area contributed by atoms with Gasteiger partial charge in [-0.2, -0.15) is 0 Å². The summed E-state index contributed by atoms with van der Waals surface area (Å²) in [6.07, 6.45) is -8.53. The molecule has 4 aliphatic rings. The quantitative estimate of drug-likeness (QED) is 0.0190. The number of benzene rings is 1. The highest BCUT2D eigenvalue weighted by atomic mass is 32.7. The smallest absolute Gasteiger partial charge is 0.412 e. The molecule has 93 heavy (non-hydrogen) atoms. The minimum atomic E-state index is -4.55. The molecule has 3 saturated heterocycles. The lowest BCUT2D eigenvalue weighted by atomic mass is 10.0. The molecule has 3 fully saturated rings. The van der Waals surface area contributed by atoms with Crippen LogP contribution in [0.2, 0.25) is 0 Å². The summed E-state index contributed by atoms with van der Waals surface area (Å²) in [7, 11) is -2.21. The predicted octanol–water partition coefficient (Wildman–Crippen LogP) is 2.13. The van der Waals surface area contributed by atoms with E-state index in [1.807, 2.05) is 0 Å². The molecule has 9 N–H and O–H groups in total. The summed E-state index contributed by atoms with van der Waals surface area (Å²) in [4.78, 5) is 127. The van der Waals surface area contributed by atoms with Crippen LogP contribution in [0.25, 0.3) is 22.3 Å². The molecular formula is C52H65F2N17O19P2S. The fourth-order valence-electron chi connectivity index (χ4n) is 9.78. The third-order valence-electron chi connectivity index (χ3n) is 14.6. The maximum atomic E-state index is 16.6. The number of imide groups is 1. The number of alkyl halides is 2. The van der Waals surface area contributed by atoms with Crippen LogP contribution in [-0.2, 0) is 81.5 Å². The number of primary amides is 1. The summed E-state index contributed by atoms with van der Waals surface area (Å²) in [5.74, 6) is -3.34. The van der Waals surface area contributed by atoms with Crippen LogP contribution in [0.15, 0.2) is 61.7 Å². The number of amides is 9. The summed E-state index contributed by atoms with van der Waals surface area (Å²) in [6.45, 7) is -3.24. The van der Waals surface area contributed by atoms with Crippen molar-refractivity contribution < 1.29 is 98.0 Å². The van der Waals surface area contributed by atoms with Gasteiger partial charge in [0.1, 0.15) is 67.9 Å². The maximum Gasteiger partial charge on any atom is 0.412 e. The fourth-order valence-corrected chi connectivity index (χ4v) is 12.1. The van der Waals surface area contributed by atoms with Crippen LogP contribution < -0.4 is 38.1 Å². The van der Waals surface area contributed by atoms with Crippen LogP contribution >= 0.6 is 27.3 Å². The monoisotopic (exact) mass is 1360 g/mol. The second kappa shape index (κ2) is 31.0. The molecule has 1 aromatic carbocycles. The number of halogens is 2. The summed E-state index contributed by atoms with van der Waals surface area (Å²) < 4.78 is 112. The van der Waals surface area contributed by atoms with Crippen LogP contribution in [0.1, 0.15) is 51.1 Å². The van der Waals surface area contributed by atoms with Crippen LogP contribution in [0.5, 0.6) is 0 Å². The largest absolute Gasteiger partial charge is 0.447 e. The zero-order valence-corrected chi connectivity index (χ0v) is 52.4. The van der Waals surface area contributed by atoms with E-state index in [0.29, 0.717) is 11.3 Å². The summed E-state index contributed by atoms with van der Waals surface area (Å²) >= 11 is 4.05. The van der Waals surface area contributed by atoms with E-state index in [2.05, 4.69) is 68.7 Å². The van der Waals surface area contributed by atoms with Gasteiger partial charge in [-0.3, -0.25) is 56.9 Å². The Morgan fingerprint density at radius 3 is 2.18 bits per heavy atom. The van der Waals surface area contributed by atoms with E-state index in [1.165, 1.54) is 30.1 Å². The Balaban J connectivity index is 0.718. The molecule has 8 heterocycles. The Morgan fingerprint density at radius 1 is 0.839 bits per heavy atom. The van der Waals surface area contributed by atoms with Gasteiger partial charge >= 0.3 is 33.3 Å². The number of fused-ring (bicyclic) bond motifs is 4. The molecule has 5 aromatic rings. The number of aromatic nitrogens is 8. The molecule has 502 valence electrons. The number of anilines is 3. The zero-order chi connectivity index (χ0) is 66.7. The van der Waals surface area contributed by atoms with Crippen LogP contribution in [0.3, 0.4) is 0 Å². The number of nitrogens with zero attached hydrogens (tertiary/aromatic N) is 10. The van der Waals surface area contributed by atoms with Crippen LogP contribution in [0.4, 0.5) is 40.5 Å². The lowest BCUT2D eigenvalue weighted by Crippen LogP contribution is -2.54. The van der Waals surface area contributed by atoms with Crippen molar-refractivity contribution in [1.82, 2.24) is 64.8 Å². The second-order valence-corrected chi connectivity index (χ2v) is 25.3. The van der Waals surface area contributed by atoms with Crippen molar-refractivity contribution in [2.24, 2.45) is 11.7 Å². The fraction of sp³-hybridized carbons (Fsp3) is 0.500. The van der Waals surface area contributed by atoms with Crippen molar-refractivity contribution in [1.29, 1.82) is 0 Å². The lowest BCUT2D eigenvalue weighted by molar-refractivity contribution is -0.138. The number of hydrogen-bond donors (Lipinski definition) is 8. The first kappa shape index (κ1) is 69.0. The molecule has 4 aliphatic heterocycles. The number of nitrogens with one attached hydrogen (secondary N) is 5. The van der Waals surface area contributed by atoms with Crippen molar-refractivity contribution >= 4 is 115 Å². The Morgan fingerprint density at radius 2 is 1.49 bits per heavy atom. The Kier molecular flexibility index (Phi) is 23.0. The average molecular weight is 1360 g/mol. The Labute approximate surface area is 531 Å². The van der Waals surface area contributed by atoms with E-state index in [1.54, 1.807) is 26.0 Å². The molecule has 9 amide bonds.